The SMILES string of the molecule is C[C@@H]1CCc2c(sc3[nH]c(=S)n(-c4ccccc4)c(=O)c23)C1. The lowest BCUT2D eigenvalue weighted by atomic mass is 9.89. The molecule has 0 spiro atoms. The van der Waals surface area contributed by atoms with E-state index in [-0.39, 0.29) is 5.56 Å². The zero-order valence-corrected chi connectivity index (χ0v) is 13.9. The van der Waals surface area contributed by atoms with Crippen LogP contribution in [0.5, 0.6) is 0 Å². The fourth-order valence-corrected chi connectivity index (χ4v) is 4.99. The summed E-state index contributed by atoms with van der Waals surface area (Å²) in [7, 11) is 0. The maximum absolute atomic E-state index is 13.0. The highest BCUT2D eigenvalue weighted by Crippen LogP contribution is 2.35. The van der Waals surface area contributed by atoms with Crippen molar-refractivity contribution in [2.75, 3.05) is 0 Å². The molecule has 0 saturated heterocycles. The first kappa shape index (κ1) is 13.9. The van der Waals surface area contributed by atoms with Gasteiger partial charge in [-0.25, -0.2) is 0 Å². The number of H-pyrrole nitrogens is 1. The van der Waals surface area contributed by atoms with E-state index in [2.05, 4.69) is 11.9 Å². The molecule has 0 radical (unpaired) electrons. The predicted molar refractivity (Wildman–Crippen MR) is 93.8 cm³/mol. The molecule has 4 rings (SSSR count). The minimum Gasteiger partial charge on any atom is -0.323 e. The summed E-state index contributed by atoms with van der Waals surface area (Å²) in [6.07, 6.45) is 3.21. The average Bonchev–Trinajstić information content (AvgIpc) is 2.85. The molecule has 2 aromatic heterocycles. The van der Waals surface area contributed by atoms with Crippen LogP contribution in [0.2, 0.25) is 0 Å². The van der Waals surface area contributed by atoms with Gasteiger partial charge in [-0.1, -0.05) is 25.1 Å². The van der Waals surface area contributed by atoms with Gasteiger partial charge in [0.1, 0.15) is 4.83 Å². The van der Waals surface area contributed by atoms with Crippen LogP contribution in [0.15, 0.2) is 35.1 Å². The Kier molecular flexibility index (Phi) is 3.27. The van der Waals surface area contributed by atoms with Crippen molar-refractivity contribution in [2.45, 2.75) is 26.2 Å². The summed E-state index contributed by atoms with van der Waals surface area (Å²) in [6.45, 7) is 2.28. The van der Waals surface area contributed by atoms with E-state index in [0.29, 0.717) is 10.7 Å². The van der Waals surface area contributed by atoms with Gasteiger partial charge < -0.3 is 4.98 Å². The van der Waals surface area contributed by atoms with E-state index in [4.69, 9.17) is 12.2 Å². The molecule has 1 N–H and O–H groups in total. The summed E-state index contributed by atoms with van der Waals surface area (Å²) in [5, 5.41) is 0.837. The van der Waals surface area contributed by atoms with E-state index >= 15 is 0 Å². The maximum Gasteiger partial charge on any atom is 0.267 e. The lowest BCUT2D eigenvalue weighted by Gasteiger charge is -2.17. The number of aromatic amines is 1. The molecule has 1 atom stereocenters. The van der Waals surface area contributed by atoms with Gasteiger partial charge in [0.15, 0.2) is 4.77 Å². The summed E-state index contributed by atoms with van der Waals surface area (Å²) < 4.78 is 2.08. The van der Waals surface area contributed by atoms with Crippen LogP contribution in [-0.2, 0) is 12.8 Å². The molecule has 3 nitrogen and oxygen atoms in total. The Balaban J connectivity index is 2.05. The lowest BCUT2D eigenvalue weighted by Crippen LogP contribution is -2.21. The Hall–Kier alpha value is -1.72. The number of thiophene rings is 1. The second kappa shape index (κ2) is 5.18. The normalized spacial score (nSPS) is 17.6. The summed E-state index contributed by atoms with van der Waals surface area (Å²) in [5.74, 6) is 0.694. The molecule has 1 aliphatic rings. The Bertz CT molecular complexity index is 966. The van der Waals surface area contributed by atoms with Crippen LogP contribution in [0.25, 0.3) is 15.9 Å². The number of hydrogen-bond donors (Lipinski definition) is 1. The molecule has 0 amide bonds. The van der Waals surface area contributed by atoms with Gasteiger partial charge in [-0.15, -0.1) is 11.3 Å². The van der Waals surface area contributed by atoms with Crippen molar-refractivity contribution in [3.8, 4) is 5.69 Å². The highest BCUT2D eigenvalue weighted by atomic mass is 32.1. The van der Waals surface area contributed by atoms with E-state index in [9.17, 15) is 4.79 Å². The first-order valence-electron chi connectivity index (χ1n) is 7.50. The number of rotatable bonds is 1. The lowest BCUT2D eigenvalue weighted by molar-refractivity contribution is 0.509. The maximum atomic E-state index is 13.0. The van der Waals surface area contributed by atoms with Crippen LogP contribution in [0.4, 0.5) is 0 Å². The monoisotopic (exact) mass is 328 g/mol. The van der Waals surface area contributed by atoms with Gasteiger partial charge in [0.2, 0.25) is 0 Å². The van der Waals surface area contributed by atoms with Gasteiger partial charge in [0.25, 0.3) is 5.56 Å². The largest absolute Gasteiger partial charge is 0.323 e. The molecular weight excluding hydrogens is 312 g/mol. The topological polar surface area (TPSA) is 37.8 Å². The standard InChI is InChI=1S/C17H16N2OS2/c1-10-7-8-12-13(9-10)22-15-14(12)16(20)19(17(21)18-15)11-5-3-2-4-6-11/h2-6,10H,7-9H2,1H3,(H,18,21)/t10-/m1/s1. The van der Waals surface area contributed by atoms with E-state index in [1.165, 1.54) is 10.4 Å². The molecule has 0 saturated carbocycles. The average molecular weight is 328 g/mol. The Labute approximate surface area is 137 Å². The molecule has 0 bridgehead atoms. The highest BCUT2D eigenvalue weighted by molar-refractivity contribution is 7.71. The van der Waals surface area contributed by atoms with E-state index < -0.39 is 0 Å². The number of nitrogens with zero attached hydrogens (tertiary/aromatic N) is 1. The van der Waals surface area contributed by atoms with Crippen molar-refractivity contribution < 1.29 is 0 Å². The fraction of sp³-hybridized carbons (Fsp3) is 0.294. The van der Waals surface area contributed by atoms with Gasteiger partial charge in [0.05, 0.1) is 11.1 Å². The third-order valence-electron chi connectivity index (χ3n) is 4.37. The van der Waals surface area contributed by atoms with Crippen molar-refractivity contribution >= 4 is 33.8 Å². The zero-order valence-electron chi connectivity index (χ0n) is 12.3. The molecule has 0 fully saturated rings. The van der Waals surface area contributed by atoms with Gasteiger partial charge in [-0.2, -0.15) is 0 Å². The van der Waals surface area contributed by atoms with Gasteiger partial charge in [-0.3, -0.25) is 9.36 Å². The summed E-state index contributed by atoms with van der Waals surface area (Å²) in [6, 6.07) is 9.61. The summed E-state index contributed by atoms with van der Waals surface area (Å²) in [4.78, 5) is 18.6. The third-order valence-corrected chi connectivity index (χ3v) is 5.82. The molecule has 112 valence electrons. The van der Waals surface area contributed by atoms with Gasteiger partial charge in [-0.05, 0) is 55.1 Å². The number of fused-ring (bicyclic) bond motifs is 3. The molecule has 2 heterocycles. The number of nitrogens with one attached hydrogen (secondary N) is 1. The second-order valence-electron chi connectivity index (χ2n) is 5.96. The third kappa shape index (κ3) is 2.08. The molecular formula is C17H16N2OS2. The van der Waals surface area contributed by atoms with Crippen LogP contribution in [0.3, 0.4) is 0 Å². The number of benzene rings is 1. The Morgan fingerprint density at radius 2 is 2.09 bits per heavy atom. The van der Waals surface area contributed by atoms with Crippen molar-refractivity contribution in [1.82, 2.24) is 9.55 Å². The summed E-state index contributed by atoms with van der Waals surface area (Å²) in [5.41, 5.74) is 2.07. The number of para-hydroxylation sites is 1. The van der Waals surface area contributed by atoms with E-state index in [1.54, 1.807) is 15.9 Å². The highest BCUT2D eigenvalue weighted by Gasteiger charge is 2.23. The first-order chi connectivity index (χ1) is 10.6. The molecule has 3 aromatic rings. The van der Waals surface area contributed by atoms with Crippen LogP contribution < -0.4 is 5.56 Å². The molecule has 22 heavy (non-hydrogen) atoms. The van der Waals surface area contributed by atoms with Gasteiger partial charge >= 0.3 is 0 Å². The van der Waals surface area contributed by atoms with Gasteiger partial charge in [0, 0.05) is 4.88 Å². The van der Waals surface area contributed by atoms with Crippen molar-refractivity contribution in [3.05, 3.63) is 55.9 Å². The van der Waals surface area contributed by atoms with Crippen molar-refractivity contribution in [3.63, 3.8) is 0 Å². The van der Waals surface area contributed by atoms with E-state index in [0.717, 1.165) is 35.2 Å². The first-order valence-corrected chi connectivity index (χ1v) is 8.72. The van der Waals surface area contributed by atoms with Crippen molar-refractivity contribution in [1.29, 1.82) is 0 Å². The fourth-order valence-electron chi connectivity index (χ4n) is 3.23. The van der Waals surface area contributed by atoms with E-state index in [1.807, 2.05) is 30.3 Å². The minimum absolute atomic E-state index is 0.0111. The number of aryl methyl sites for hydroxylation is 1. The zero-order chi connectivity index (χ0) is 15.3. The molecule has 0 unspecified atom stereocenters. The predicted octanol–water partition coefficient (Wildman–Crippen LogP) is 4.23. The van der Waals surface area contributed by atoms with Crippen LogP contribution in [0.1, 0.15) is 23.8 Å². The second-order valence-corrected chi connectivity index (χ2v) is 7.45. The molecule has 0 aliphatic heterocycles. The number of aromatic nitrogens is 2. The smallest absolute Gasteiger partial charge is 0.267 e. The summed E-state index contributed by atoms with van der Waals surface area (Å²) >= 11 is 7.13. The van der Waals surface area contributed by atoms with Crippen LogP contribution in [-0.4, -0.2) is 9.55 Å². The number of hydrogen-bond acceptors (Lipinski definition) is 3. The minimum atomic E-state index is 0.0111. The van der Waals surface area contributed by atoms with Crippen molar-refractivity contribution in [2.24, 2.45) is 5.92 Å². The Morgan fingerprint density at radius 3 is 2.86 bits per heavy atom. The molecule has 1 aliphatic carbocycles. The quantitative estimate of drug-likeness (QED) is 0.679. The molecule has 5 heteroatoms. The molecule has 1 aromatic carbocycles. The van der Waals surface area contributed by atoms with Crippen LogP contribution >= 0.6 is 23.6 Å². The Morgan fingerprint density at radius 1 is 1.32 bits per heavy atom. The van der Waals surface area contributed by atoms with Crippen LogP contribution in [0, 0.1) is 10.7 Å².